The second kappa shape index (κ2) is 8.89. The number of nitrogens with one attached hydrogen (secondary N) is 1. The molecule has 23 heavy (non-hydrogen) atoms. The molecule has 1 heterocycles. The molecule has 1 aromatic heterocycles. The minimum atomic E-state index is 0.494. The van der Waals surface area contributed by atoms with Crippen molar-refractivity contribution in [2.24, 2.45) is 0 Å². The lowest BCUT2D eigenvalue weighted by atomic mass is 10.2. The second-order valence-electron chi connectivity index (χ2n) is 5.77. The number of nitrogens with zero attached hydrogens (tertiary/aromatic N) is 1. The first kappa shape index (κ1) is 17.8. The number of hydrogen-bond donors (Lipinski definition) is 1. The molecule has 0 atom stereocenters. The average molecular weight is 334 g/mol. The molecule has 0 bridgehead atoms. The van der Waals surface area contributed by atoms with Gasteiger partial charge in [-0.3, -0.25) is 0 Å². The summed E-state index contributed by atoms with van der Waals surface area (Å²) in [5.41, 5.74) is 2.28. The highest BCUT2D eigenvalue weighted by molar-refractivity contribution is 7.09. The van der Waals surface area contributed by atoms with Crippen LogP contribution in [0.4, 0.5) is 0 Å². The molecule has 2 rings (SSSR count). The van der Waals surface area contributed by atoms with E-state index in [0.717, 1.165) is 36.7 Å². The second-order valence-corrected chi connectivity index (χ2v) is 6.66. The van der Waals surface area contributed by atoms with E-state index in [1.165, 1.54) is 10.6 Å². The Morgan fingerprint density at radius 1 is 1.22 bits per heavy atom. The Morgan fingerprint density at radius 2 is 2.04 bits per heavy atom. The van der Waals surface area contributed by atoms with Crippen molar-refractivity contribution in [2.75, 3.05) is 13.7 Å². The normalized spacial score (nSPS) is 11.0. The maximum atomic E-state index is 5.68. The highest BCUT2D eigenvalue weighted by atomic mass is 32.1. The van der Waals surface area contributed by atoms with Crippen molar-refractivity contribution in [2.45, 2.75) is 46.2 Å². The first-order valence-electron chi connectivity index (χ1n) is 8.08. The van der Waals surface area contributed by atoms with Crippen LogP contribution in [0.25, 0.3) is 0 Å². The molecule has 1 aromatic carbocycles. The van der Waals surface area contributed by atoms with Crippen LogP contribution < -0.4 is 14.8 Å². The zero-order valence-corrected chi connectivity index (χ0v) is 15.2. The maximum Gasteiger partial charge on any atom is 0.161 e. The summed E-state index contributed by atoms with van der Waals surface area (Å²) in [6.45, 7) is 8.69. The summed E-state index contributed by atoms with van der Waals surface area (Å²) in [7, 11) is 1.67. The van der Waals surface area contributed by atoms with Crippen molar-refractivity contribution < 1.29 is 9.47 Å². The molecule has 0 aliphatic carbocycles. The van der Waals surface area contributed by atoms with Gasteiger partial charge in [0.15, 0.2) is 11.5 Å². The van der Waals surface area contributed by atoms with Gasteiger partial charge in [-0.1, -0.05) is 26.8 Å². The fourth-order valence-corrected chi connectivity index (χ4v) is 2.99. The van der Waals surface area contributed by atoms with Gasteiger partial charge in [0, 0.05) is 24.4 Å². The highest BCUT2D eigenvalue weighted by Crippen LogP contribution is 2.28. The summed E-state index contributed by atoms with van der Waals surface area (Å²) in [5, 5.41) is 6.76. The van der Waals surface area contributed by atoms with E-state index < -0.39 is 0 Å². The first-order valence-corrected chi connectivity index (χ1v) is 8.96. The molecule has 0 saturated heterocycles. The van der Waals surface area contributed by atoms with Gasteiger partial charge in [-0.15, -0.1) is 11.3 Å². The fraction of sp³-hybridized carbons (Fsp3) is 0.500. The van der Waals surface area contributed by atoms with Crippen LogP contribution in [0.15, 0.2) is 23.6 Å². The molecule has 0 amide bonds. The Balaban J connectivity index is 1.89. The lowest BCUT2D eigenvalue weighted by Crippen LogP contribution is -2.13. The van der Waals surface area contributed by atoms with E-state index in [4.69, 9.17) is 9.47 Å². The number of thiazole rings is 1. The molecule has 0 radical (unpaired) electrons. The molecule has 5 heteroatoms. The van der Waals surface area contributed by atoms with Crippen LogP contribution in [0.1, 0.15) is 49.4 Å². The van der Waals surface area contributed by atoms with Crippen molar-refractivity contribution >= 4 is 11.3 Å². The van der Waals surface area contributed by atoms with E-state index in [2.05, 4.69) is 42.5 Å². The molecular weight excluding hydrogens is 308 g/mol. The van der Waals surface area contributed by atoms with Crippen molar-refractivity contribution in [3.05, 3.63) is 39.8 Å². The Kier molecular flexibility index (Phi) is 6.86. The predicted octanol–water partition coefficient (Wildman–Crippen LogP) is 4.35. The summed E-state index contributed by atoms with van der Waals surface area (Å²) in [4.78, 5) is 4.63. The van der Waals surface area contributed by atoms with Crippen LogP contribution in [-0.4, -0.2) is 18.7 Å². The topological polar surface area (TPSA) is 43.4 Å². The van der Waals surface area contributed by atoms with Crippen LogP contribution in [0, 0.1) is 0 Å². The fourth-order valence-electron chi connectivity index (χ4n) is 2.16. The summed E-state index contributed by atoms with van der Waals surface area (Å²) >= 11 is 1.73. The van der Waals surface area contributed by atoms with Crippen LogP contribution >= 0.6 is 11.3 Å². The van der Waals surface area contributed by atoms with E-state index in [1.807, 2.05) is 12.1 Å². The number of methoxy groups -OCH3 is 1. The van der Waals surface area contributed by atoms with Gasteiger partial charge in [0.05, 0.1) is 24.4 Å². The third kappa shape index (κ3) is 5.22. The van der Waals surface area contributed by atoms with Crippen molar-refractivity contribution in [1.29, 1.82) is 0 Å². The molecule has 0 saturated carbocycles. The van der Waals surface area contributed by atoms with Crippen LogP contribution in [-0.2, 0) is 13.1 Å². The molecule has 0 aliphatic rings. The predicted molar refractivity (Wildman–Crippen MR) is 95.5 cm³/mol. The minimum Gasteiger partial charge on any atom is -0.493 e. The van der Waals surface area contributed by atoms with Gasteiger partial charge in [-0.05, 0) is 24.1 Å². The zero-order chi connectivity index (χ0) is 16.7. The van der Waals surface area contributed by atoms with Gasteiger partial charge in [0.2, 0.25) is 0 Å². The Labute approximate surface area is 142 Å². The Bertz CT molecular complexity index is 611. The number of benzene rings is 1. The smallest absolute Gasteiger partial charge is 0.161 e. The summed E-state index contributed by atoms with van der Waals surface area (Å²) in [6, 6.07) is 6.07. The first-order chi connectivity index (χ1) is 11.1. The third-order valence-electron chi connectivity index (χ3n) is 3.39. The summed E-state index contributed by atoms with van der Waals surface area (Å²) in [5.74, 6) is 2.08. The number of ether oxygens (including phenoxy) is 2. The lowest BCUT2D eigenvalue weighted by molar-refractivity contribution is 0.294. The molecule has 0 spiro atoms. The molecule has 0 fully saturated rings. The maximum absolute atomic E-state index is 5.68. The molecule has 4 nitrogen and oxygen atoms in total. The minimum absolute atomic E-state index is 0.494. The van der Waals surface area contributed by atoms with E-state index in [1.54, 1.807) is 18.4 Å². The Morgan fingerprint density at radius 3 is 2.70 bits per heavy atom. The molecule has 0 aliphatic heterocycles. The van der Waals surface area contributed by atoms with Gasteiger partial charge in [0.1, 0.15) is 0 Å². The number of aromatic nitrogens is 1. The van der Waals surface area contributed by atoms with Gasteiger partial charge < -0.3 is 14.8 Å². The lowest BCUT2D eigenvalue weighted by Gasteiger charge is -2.12. The SMILES string of the molecule is CCCOc1ccc(CNCc2csc(C(C)C)n2)cc1OC. The monoisotopic (exact) mass is 334 g/mol. The largest absolute Gasteiger partial charge is 0.493 e. The van der Waals surface area contributed by atoms with Gasteiger partial charge in [-0.2, -0.15) is 0 Å². The van der Waals surface area contributed by atoms with E-state index in [9.17, 15) is 0 Å². The molecule has 0 unspecified atom stereocenters. The van der Waals surface area contributed by atoms with Gasteiger partial charge in [-0.25, -0.2) is 4.98 Å². The summed E-state index contributed by atoms with van der Waals surface area (Å²) < 4.78 is 11.1. The van der Waals surface area contributed by atoms with Crippen molar-refractivity contribution in [1.82, 2.24) is 10.3 Å². The van der Waals surface area contributed by atoms with E-state index >= 15 is 0 Å². The van der Waals surface area contributed by atoms with Gasteiger partial charge in [0.25, 0.3) is 0 Å². The highest BCUT2D eigenvalue weighted by Gasteiger charge is 2.07. The van der Waals surface area contributed by atoms with Crippen LogP contribution in [0.2, 0.25) is 0 Å². The van der Waals surface area contributed by atoms with Crippen molar-refractivity contribution in [3.8, 4) is 11.5 Å². The third-order valence-corrected chi connectivity index (χ3v) is 4.58. The average Bonchev–Trinajstić information content (AvgIpc) is 3.02. The van der Waals surface area contributed by atoms with E-state index in [0.29, 0.717) is 12.5 Å². The molecule has 2 aromatic rings. The Hall–Kier alpha value is -1.59. The molecule has 1 N–H and O–H groups in total. The van der Waals surface area contributed by atoms with E-state index in [-0.39, 0.29) is 0 Å². The molecule has 126 valence electrons. The van der Waals surface area contributed by atoms with Crippen molar-refractivity contribution in [3.63, 3.8) is 0 Å². The van der Waals surface area contributed by atoms with Crippen LogP contribution in [0.3, 0.4) is 0 Å². The quantitative estimate of drug-likeness (QED) is 0.740. The van der Waals surface area contributed by atoms with Crippen LogP contribution in [0.5, 0.6) is 11.5 Å². The number of hydrogen-bond acceptors (Lipinski definition) is 5. The standard InChI is InChI=1S/C18H26N2O2S/c1-5-8-22-16-7-6-14(9-17(16)21-4)10-19-11-15-12-23-18(20-15)13(2)3/h6-7,9,12-13,19H,5,8,10-11H2,1-4H3. The number of rotatable bonds is 9. The summed E-state index contributed by atoms with van der Waals surface area (Å²) in [6.07, 6.45) is 0.985. The zero-order valence-electron chi connectivity index (χ0n) is 14.4. The molecular formula is C18H26N2O2S. The van der Waals surface area contributed by atoms with Gasteiger partial charge >= 0.3 is 0 Å².